The second kappa shape index (κ2) is 6.11. The molecule has 0 aliphatic carbocycles. The first-order valence-electron chi connectivity index (χ1n) is 4.32. The van der Waals surface area contributed by atoms with E-state index in [1.165, 1.54) is 5.56 Å². The molecule has 0 aliphatic heterocycles. The molecule has 0 saturated heterocycles. The minimum absolute atomic E-state index is 0.620. The van der Waals surface area contributed by atoms with Crippen molar-refractivity contribution in [2.45, 2.75) is 6.42 Å². The third kappa shape index (κ3) is 3.45. The molecular formula is C10H13Cl2N. The summed E-state index contributed by atoms with van der Waals surface area (Å²) in [4.78, 5) is 0. The molecule has 0 heterocycles. The van der Waals surface area contributed by atoms with E-state index in [-0.39, 0.29) is 0 Å². The highest BCUT2D eigenvalue weighted by atomic mass is 35.5. The number of nitrogens with one attached hydrogen (secondary N) is 1. The fraction of sp³-hybridized carbons (Fsp3) is 0.400. The summed E-state index contributed by atoms with van der Waals surface area (Å²) in [6.07, 6.45) is 0.896. The van der Waals surface area contributed by atoms with Crippen LogP contribution in [0.5, 0.6) is 0 Å². The van der Waals surface area contributed by atoms with Crippen molar-refractivity contribution >= 4 is 28.9 Å². The highest BCUT2D eigenvalue weighted by Crippen LogP contribution is 2.15. The van der Waals surface area contributed by atoms with Gasteiger partial charge in [-0.15, -0.1) is 23.2 Å². The number of para-hydroxylation sites is 1. The average molecular weight is 218 g/mol. The largest absolute Gasteiger partial charge is 0.384 e. The van der Waals surface area contributed by atoms with Gasteiger partial charge in [-0.05, 0) is 18.1 Å². The molecule has 1 nitrogen and oxygen atoms in total. The number of hydrogen-bond donors (Lipinski definition) is 1. The second-order valence-corrected chi connectivity index (χ2v) is 3.47. The van der Waals surface area contributed by atoms with Crippen LogP contribution in [0.4, 0.5) is 5.69 Å². The molecule has 0 amide bonds. The van der Waals surface area contributed by atoms with Crippen LogP contribution in [0.3, 0.4) is 0 Å². The van der Waals surface area contributed by atoms with E-state index < -0.39 is 0 Å². The molecule has 3 heteroatoms. The number of alkyl halides is 2. The van der Waals surface area contributed by atoms with Crippen molar-refractivity contribution < 1.29 is 0 Å². The van der Waals surface area contributed by atoms with Crippen LogP contribution in [0.15, 0.2) is 24.3 Å². The van der Waals surface area contributed by atoms with Crippen LogP contribution in [0.2, 0.25) is 0 Å². The summed E-state index contributed by atoms with van der Waals surface area (Å²) in [5.41, 5.74) is 2.39. The molecule has 0 radical (unpaired) electrons. The maximum absolute atomic E-state index is 5.69. The molecule has 0 saturated carbocycles. The number of hydrogen-bond acceptors (Lipinski definition) is 1. The van der Waals surface area contributed by atoms with Crippen LogP contribution >= 0.6 is 23.2 Å². The molecule has 0 spiro atoms. The lowest BCUT2D eigenvalue weighted by molar-refractivity contribution is 1.12. The minimum Gasteiger partial charge on any atom is -0.384 e. The van der Waals surface area contributed by atoms with Gasteiger partial charge in [-0.2, -0.15) is 0 Å². The van der Waals surface area contributed by atoms with Gasteiger partial charge in [0, 0.05) is 24.0 Å². The average Bonchev–Trinajstić information content (AvgIpc) is 2.17. The van der Waals surface area contributed by atoms with Crippen molar-refractivity contribution in [1.82, 2.24) is 0 Å². The zero-order valence-corrected chi connectivity index (χ0v) is 8.91. The van der Waals surface area contributed by atoms with Crippen LogP contribution in [0, 0.1) is 0 Å². The second-order valence-electron chi connectivity index (χ2n) is 2.71. The highest BCUT2D eigenvalue weighted by Gasteiger charge is 1.98. The van der Waals surface area contributed by atoms with Gasteiger partial charge in [-0.25, -0.2) is 0 Å². The summed E-state index contributed by atoms with van der Waals surface area (Å²) in [5, 5.41) is 3.26. The molecule has 1 aromatic rings. The Kier molecular flexibility index (Phi) is 5.02. The topological polar surface area (TPSA) is 12.0 Å². The molecule has 13 heavy (non-hydrogen) atoms. The Morgan fingerprint density at radius 2 is 1.85 bits per heavy atom. The summed E-state index contributed by atoms with van der Waals surface area (Å²) in [5.74, 6) is 1.27. The summed E-state index contributed by atoms with van der Waals surface area (Å²) < 4.78 is 0. The van der Waals surface area contributed by atoms with Gasteiger partial charge in [0.25, 0.3) is 0 Å². The third-order valence-corrected chi connectivity index (χ3v) is 2.17. The predicted molar refractivity (Wildman–Crippen MR) is 60.1 cm³/mol. The molecule has 0 unspecified atom stereocenters. The fourth-order valence-corrected chi connectivity index (χ4v) is 1.49. The Morgan fingerprint density at radius 1 is 1.08 bits per heavy atom. The van der Waals surface area contributed by atoms with Crippen molar-refractivity contribution in [3.05, 3.63) is 29.8 Å². The lowest BCUT2D eigenvalue weighted by Gasteiger charge is -2.09. The third-order valence-electron chi connectivity index (χ3n) is 1.79. The van der Waals surface area contributed by atoms with Crippen LogP contribution < -0.4 is 5.32 Å². The Bertz CT molecular complexity index is 250. The molecule has 1 aromatic carbocycles. The molecule has 72 valence electrons. The van der Waals surface area contributed by atoms with E-state index in [1.54, 1.807) is 0 Å². The zero-order valence-electron chi connectivity index (χ0n) is 7.39. The maximum atomic E-state index is 5.69. The van der Waals surface area contributed by atoms with Crippen LogP contribution in [0.25, 0.3) is 0 Å². The van der Waals surface area contributed by atoms with Gasteiger partial charge in [0.2, 0.25) is 0 Å². The van der Waals surface area contributed by atoms with Crippen LogP contribution in [-0.2, 0) is 6.42 Å². The van der Waals surface area contributed by atoms with Crippen molar-refractivity contribution in [2.24, 2.45) is 0 Å². The first-order chi connectivity index (χ1) is 6.38. The van der Waals surface area contributed by atoms with Gasteiger partial charge >= 0.3 is 0 Å². The molecule has 1 N–H and O–H groups in total. The molecule has 0 aromatic heterocycles. The molecular weight excluding hydrogens is 205 g/mol. The van der Waals surface area contributed by atoms with E-state index >= 15 is 0 Å². The summed E-state index contributed by atoms with van der Waals surface area (Å²) >= 11 is 11.3. The lowest BCUT2D eigenvalue weighted by atomic mass is 10.1. The smallest absolute Gasteiger partial charge is 0.0396 e. The standard InChI is InChI=1S/C10H13Cl2N/c11-6-5-9-3-1-2-4-10(9)13-8-7-12/h1-4,13H,5-8H2. The molecule has 0 bridgehead atoms. The fourth-order valence-electron chi connectivity index (χ4n) is 1.19. The van der Waals surface area contributed by atoms with E-state index in [9.17, 15) is 0 Å². The molecule has 1 rings (SSSR count). The first-order valence-corrected chi connectivity index (χ1v) is 5.39. The van der Waals surface area contributed by atoms with Gasteiger partial charge in [-0.3, -0.25) is 0 Å². The number of aryl methyl sites for hydroxylation is 1. The normalized spacial score (nSPS) is 10.0. The number of halogens is 2. The van der Waals surface area contributed by atoms with Crippen molar-refractivity contribution in [3.8, 4) is 0 Å². The highest BCUT2D eigenvalue weighted by molar-refractivity contribution is 6.18. The quantitative estimate of drug-likeness (QED) is 0.748. The maximum Gasteiger partial charge on any atom is 0.0396 e. The van der Waals surface area contributed by atoms with Crippen molar-refractivity contribution in [1.29, 1.82) is 0 Å². The molecule has 0 aliphatic rings. The van der Waals surface area contributed by atoms with Crippen LogP contribution in [0.1, 0.15) is 5.56 Å². The number of benzene rings is 1. The van der Waals surface area contributed by atoms with E-state index in [0.29, 0.717) is 11.8 Å². The van der Waals surface area contributed by atoms with Crippen LogP contribution in [-0.4, -0.2) is 18.3 Å². The molecule has 0 atom stereocenters. The Labute approximate surface area is 89.0 Å². The monoisotopic (exact) mass is 217 g/mol. The predicted octanol–water partition coefficient (Wildman–Crippen LogP) is 3.12. The number of anilines is 1. The van der Waals surface area contributed by atoms with Gasteiger partial charge in [0.05, 0.1) is 0 Å². The van der Waals surface area contributed by atoms with Crippen molar-refractivity contribution in [2.75, 3.05) is 23.6 Å². The van der Waals surface area contributed by atoms with E-state index in [1.807, 2.05) is 12.1 Å². The number of rotatable bonds is 5. The van der Waals surface area contributed by atoms with E-state index in [2.05, 4.69) is 17.4 Å². The minimum atomic E-state index is 0.620. The summed E-state index contributed by atoms with van der Waals surface area (Å²) in [6, 6.07) is 8.16. The molecule has 0 fully saturated rings. The van der Waals surface area contributed by atoms with Gasteiger partial charge in [0.15, 0.2) is 0 Å². The Hall–Kier alpha value is -0.400. The Morgan fingerprint density at radius 3 is 2.54 bits per heavy atom. The zero-order chi connectivity index (χ0) is 9.52. The van der Waals surface area contributed by atoms with Gasteiger partial charge in [-0.1, -0.05) is 18.2 Å². The Balaban J connectivity index is 2.66. The van der Waals surface area contributed by atoms with Gasteiger partial charge < -0.3 is 5.32 Å². The van der Waals surface area contributed by atoms with E-state index in [4.69, 9.17) is 23.2 Å². The van der Waals surface area contributed by atoms with Crippen molar-refractivity contribution in [3.63, 3.8) is 0 Å². The summed E-state index contributed by atoms with van der Waals surface area (Å²) in [7, 11) is 0. The first kappa shape index (κ1) is 10.7. The lowest BCUT2D eigenvalue weighted by Crippen LogP contribution is -2.05. The SMILES string of the molecule is ClCCNc1ccccc1CCCl. The van der Waals surface area contributed by atoms with E-state index in [0.717, 1.165) is 18.7 Å². The summed E-state index contributed by atoms with van der Waals surface area (Å²) in [6.45, 7) is 0.793. The van der Waals surface area contributed by atoms with Gasteiger partial charge in [0.1, 0.15) is 0 Å².